The van der Waals surface area contributed by atoms with Crippen molar-refractivity contribution in [3.8, 4) is 5.75 Å². The van der Waals surface area contributed by atoms with Crippen LogP contribution in [0, 0.1) is 23.2 Å². The highest BCUT2D eigenvalue weighted by atomic mass is 16.5. The van der Waals surface area contributed by atoms with Crippen LogP contribution >= 0.6 is 0 Å². The first-order valence-electron chi connectivity index (χ1n) is 12.6. The van der Waals surface area contributed by atoms with E-state index in [2.05, 4.69) is 33.4 Å². The Balaban J connectivity index is 0.957. The van der Waals surface area contributed by atoms with Crippen LogP contribution < -0.4 is 10.1 Å². The molecule has 1 aromatic carbocycles. The molecule has 1 saturated heterocycles. The minimum atomic E-state index is 0.0287. The molecular formula is C28H33N3O2. The highest BCUT2D eigenvalue weighted by Gasteiger charge is 2.62. The van der Waals surface area contributed by atoms with E-state index in [1.165, 1.54) is 19.3 Å². The van der Waals surface area contributed by atoms with Gasteiger partial charge in [0.15, 0.2) is 0 Å². The Hall–Kier alpha value is -2.66. The quantitative estimate of drug-likeness (QED) is 0.642. The summed E-state index contributed by atoms with van der Waals surface area (Å²) in [6.45, 7) is 3.72. The van der Waals surface area contributed by atoms with Crippen LogP contribution in [0.4, 0.5) is 0 Å². The zero-order chi connectivity index (χ0) is 22.3. The van der Waals surface area contributed by atoms with Crippen molar-refractivity contribution in [2.24, 2.45) is 23.2 Å². The van der Waals surface area contributed by atoms with Gasteiger partial charge < -0.3 is 10.1 Å². The van der Waals surface area contributed by atoms with E-state index in [9.17, 15) is 4.79 Å². The predicted octanol–water partition coefficient (Wildman–Crippen LogP) is 4.46. The van der Waals surface area contributed by atoms with E-state index in [0.29, 0.717) is 22.8 Å². The first-order valence-corrected chi connectivity index (χ1v) is 12.6. The number of nitrogens with one attached hydrogen (secondary N) is 1. The van der Waals surface area contributed by atoms with Crippen LogP contribution in [0.25, 0.3) is 0 Å². The average Bonchev–Trinajstić information content (AvgIpc) is 3.52. The molecule has 1 aliphatic heterocycles. The summed E-state index contributed by atoms with van der Waals surface area (Å²) in [5.74, 6) is 2.94. The second kappa shape index (κ2) is 8.60. The van der Waals surface area contributed by atoms with E-state index in [-0.39, 0.29) is 12.0 Å². The van der Waals surface area contributed by atoms with E-state index >= 15 is 0 Å². The number of pyridine rings is 1. The topological polar surface area (TPSA) is 54.5 Å². The minimum Gasteiger partial charge on any atom is -0.490 e. The Labute approximate surface area is 196 Å². The van der Waals surface area contributed by atoms with Crippen molar-refractivity contribution in [3.05, 3.63) is 72.1 Å². The molecule has 5 heteroatoms. The summed E-state index contributed by atoms with van der Waals surface area (Å²) in [6.07, 6.45) is 13.0. The zero-order valence-corrected chi connectivity index (χ0v) is 19.2. The molecule has 3 fully saturated rings. The highest BCUT2D eigenvalue weighted by molar-refractivity contribution is 5.94. The van der Waals surface area contributed by atoms with E-state index < -0.39 is 0 Å². The number of benzene rings is 1. The largest absolute Gasteiger partial charge is 0.490 e. The van der Waals surface area contributed by atoms with Gasteiger partial charge >= 0.3 is 0 Å². The van der Waals surface area contributed by atoms with Gasteiger partial charge in [0.25, 0.3) is 5.91 Å². The molecule has 33 heavy (non-hydrogen) atoms. The molecule has 0 unspecified atom stereocenters. The van der Waals surface area contributed by atoms with Crippen LogP contribution in [0.2, 0.25) is 0 Å². The molecule has 2 heterocycles. The Kier molecular flexibility index (Phi) is 5.45. The number of piperidine rings is 1. The number of carbonyl (C=O) groups is 1. The maximum Gasteiger partial charge on any atom is 0.251 e. The van der Waals surface area contributed by atoms with Gasteiger partial charge in [-0.25, -0.2) is 0 Å². The maximum absolute atomic E-state index is 12.7. The van der Waals surface area contributed by atoms with Gasteiger partial charge in [0.1, 0.15) is 11.9 Å². The summed E-state index contributed by atoms with van der Waals surface area (Å²) in [5, 5.41) is 3.19. The van der Waals surface area contributed by atoms with Crippen molar-refractivity contribution < 1.29 is 9.53 Å². The van der Waals surface area contributed by atoms with Crippen molar-refractivity contribution in [3.63, 3.8) is 0 Å². The molecule has 2 saturated carbocycles. The number of allylic oxidation sites excluding steroid dienone is 2. The third-order valence-corrected chi connectivity index (χ3v) is 8.44. The molecular weight excluding hydrogens is 410 g/mol. The molecule has 2 aromatic rings. The van der Waals surface area contributed by atoms with E-state index in [1.807, 2.05) is 42.6 Å². The fourth-order valence-corrected chi connectivity index (χ4v) is 6.46. The SMILES string of the molecule is O=C(NC[C@H]1C[C@H]2C=C[C@H]1C21CC1)c1ccc(OC2CCN(Cc3ccccn3)CC2)cc1. The van der Waals surface area contributed by atoms with E-state index in [0.717, 1.165) is 56.4 Å². The number of rotatable bonds is 7. The third kappa shape index (κ3) is 4.19. The number of amides is 1. The van der Waals surface area contributed by atoms with Crippen LogP contribution in [0.3, 0.4) is 0 Å². The van der Waals surface area contributed by atoms with Gasteiger partial charge in [-0.15, -0.1) is 0 Å². The summed E-state index contributed by atoms with van der Waals surface area (Å²) in [4.78, 5) is 19.6. The molecule has 2 bridgehead atoms. The molecule has 3 atom stereocenters. The van der Waals surface area contributed by atoms with Crippen LogP contribution in [0.5, 0.6) is 5.75 Å². The Bertz CT molecular complexity index is 1010. The molecule has 172 valence electrons. The van der Waals surface area contributed by atoms with Crippen LogP contribution in [-0.4, -0.2) is 41.5 Å². The summed E-state index contributed by atoms with van der Waals surface area (Å²) in [7, 11) is 0. The van der Waals surface area contributed by atoms with Gasteiger partial charge in [0, 0.05) is 37.9 Å². The number of likely N-dealkylation sites (tertiary alicyclic amines) is 1. The average molecular weight is 444 g/mol. The van der Waals surface area contributed by atoms with Crippen LogP contribution in [0.1, 0.15) is 48.2 Å². The van der Waals surface area contributed by atoms with E-state index in [1.54, 1.807) is 0 Å². The molecule has 1 aromatic heterocycles. The minimum absolute atomic E-state index is 0.0287. The second-order valence-electron chi connectivity index (χ2n) is 10.4. The summed E-state index contributed by atoms with van der Waals surface area (Å²) >= 11 is 0. The number of hydrogen-bond donors (Lipinski definition) is 1. The van der Waals surface area contributed by atoms with Crippen molar-refractivity contribution in [2.45, 2.75) is 44.8 Å². The smallest absolute Gasteiger partial charge is 0.251 e. The van der Waals surface area contributed by atoms with E-state index in [4.69, 9.17) is 4.74 Å². The molecule has 3 aliphatic carbocycles. The Morgan fingerprint density at radius 2 is 1.91 bits per heavy atom. The second-order valence-corrected chi connectivity index (χ2v) is 10.4. The van der Waals surface area contributed by atoms with Gasteiger partial charge in [-0.2, -0.15) is 0 Å². The van der Waals surface area contributed by atoms with Crippen molar-refractivity contribution in [1.82, 2.24) is 15.2 Å². The van der Waals surface area contributed by atoms with Gasteiger partial charge in [-0.1, -0.05) is 18.2 Å². The lowest BCUT2D eigenvalue weighted by molar-refractivity contribution is 0.0941. The highest BCUT2D eigenvalue weighted by Crippen LogP contribution is 2.69. The molecule has 5 nitrogen and oxygen atoms in total. The molecule has 4 aliphatic rings. The fourth-order valence-electron chi connectivity index (χ4n) is 6.46. The summed E-state index contributed by atoms with van der Waals surface area (Å²) < 4.78 is 6.21. The monoisotopic (exact) mass is 443 g/mol. The van der Waals surface area contributed by atoms with Crippen molar-refractivity contribution in [2.75, 3.05) is 19.6 Å². The maximum atomic E-state index is 12.7. The zero-order valence-electron chi connectivity index (χ0n) is 19.2. The van der Waals surface area contributed by atoms with Gasteiger partial charge in [-0.3, -0.25) is 14.7 Å². The molecule has 6 rings (SSSR count). The first kappa shape index (κ1) is 20.9. The van der Waals surface area contributed by atoms with Crippen LogP contribution in [0.15, 0.2) is 60.8 Å². The lowest BCUT2D eigenvalue weighted by Gasteiger charge is -2.31. The van der Waals surface area contributed by atoms with Crippen molar-refractivity contribution in [1.29, 1.82) is 0 Å². The van der Waals surface area contributed by atoms with Gasteiger partial charge in [0.05, 0.1) is 5.69 Å². The Morgan fingerprint density at radius 3 is 2.61 bits per heavy atom. The lowest BCUT2D eigenvalue weighted by Crippen LogP contribution is -2.38. The number of aromatic nitrogens is 1. The fraction of sp³-hybridized carbons (Fsp3) is 0.500. The third-order valence-electron chi connectivity index (χ3n) is 8.44. The van der Waals surface area contributed by atoms with Gasteiger partial charge in [0.2, 0.25) is 0 Å². The standard InChI is InChI=1S/C28H33N3O2/c32-27(30-18-21-17-22-6-9-26(21)28(22)12-13-28)20-4-7-24(8-5-20)33-25-10-15-31(16-11-25)19-23-3-1-2-14-29-23/h1-9,14,21-22,25-26H,10-13,15-19H2,(H,30,32)/t21-,22-,26-/m1/s1. The summed E-state index contributed by atoms with van der Waals surface area (Å²) in [6, 6.07) is 13.7. The van der Waals surface area contributed by atoms with Crippen molar-refractivity contribution >= 4 is 5.91 Å². The molecule has 1 amide bonds. The first-order chi connectivity index (χ1) is 16.2. The summed E-state index contributed by atoms with van der Waals surface area (Å²) in [5.41, 5.74) is 2.42. The number of hydrogen-bond acceptors (Lipinski definition) is 4. The predicted molar refractivity (Wildman–Crippen MR) is 128 cm³/mol. The Morgan fingerprint density at radius 1 is 1.09 bits per heavy atom. The van der Waals surface area contributed by atoms with Gasteiger partial charge in [-0.05, 0) is 91.7 Å². The number of ether oxygens (including phenoxy) is 1. The number of carbonyl (C=O) groups excluding carboxylic acids is 1. The normalized spacial score (nSPS) is 27.7. The number of nitrogens with zero attached hydrogens (tertiary/aromatic N) is 2. The molecule has 0 radical (unpaired) electrons. The molecule has 1 N–H and O–H groups in total. The molecule has 1 spiro atoms. The van der Waals surface area contributed by atoms with Crippen LogP contribution in [-0.2, 0) is 6.54 Å². The lowest BCUT2D eigenvalue weighted by atomic mass is 9.89.